The molecule has 0 aliphatic carbocycles. The van der Waals surface area contributed by atoms with Crippen molar-refractivity contribution in [2.45, 2.75) is 27.7 Å². The van der Waals surface area contributed by atoms with Crippen LogP contribution in [0.3, 0.4) is 0 Å². The molecule has 0 aromatic carbocycles. The Bertz CT molecular complexity index is 64.2. The summed E-state index contributed by atoms with van der Waals surface area (Å²) in [4.78, 5) is 0. The van der Waals surface area contributed by atoms with Gasteiger partial charge in [-0.3, -0.25) is 0 Å². The number of hydrogen-bond acceptors (Lipinski definition) is 0. The molecule has 0 saturated heterocycles. The van der Waals surface area contributed by atoms with E-state index >= 15 is 0 Å². The second kappa shape index (κ2) is 20.1. The number of rotatable bonds is 4. The molecule has 0 spiro atoms. The Balaban J connectivity index is -0.0000000320. The summed E-state index contributed by atoms with van der Waals surface area (Å²) < 4.78 is 1.28. The number of quaternary nitrogens is 1. The fourth-order valence-electron chi connectivity index (χ4n) is 1.34. The van der Waals surface area contributed by atoms with Crippen LogP contribution in [0.5, 0.6) is 0 Å². The van der Waals surface area contributed by atoms with Gasteiger partial charge in [0.2, 0.25) is 0 Å². The van der Waals surface area contributed by atoms with E-state index in [0.29, 0.717) is 0 Å². The van der Waals surface area contributed by atoms with Crippen molar-refractivity contribution in [3.8, 4) is 0 Å². The summed E-state index contributed by atoms with van der Waals surface area (Å²) in [5.74, 6) is 0. The van der Waals surface area contributed by atoms with Crippen molar-refractivity contribution in [3.05, 3.63) is 0 Å². The third kappa shape index (κ3) is 11.7. The molecule has 0 saturated carbocycles. The van der Waals surface area contributed by atoms with Crippen LogP contribution in [0.15, 0.2) is 0 Å². The molecular weight excluding hydrogens is 311 g/mol. The topological polar surface area (TPSA) is 0 Å². The fourth-order valence-corrected chi connectivity index (χ4v) is 1.34. The SMILES string of the molecule is CC[N+](CC)(CC)CC.[Cl-].[Cl-].[Cl-].[Cl-].[Ni+2]. The summed E-state index contributed by atoms with van der Waals surface area (Å²) in [6.45, 7) is 14.2. The van der Waals surface area contributed by atoms with E-state index < -0.39 is 0 Å². The number of halogens is 4. The molecule has 0 amide bonds. The molecule has 0 aliphatic heterocycles. The van der Waals surface area contributed by atoms with Crippen molar-refractivity contribution < 1.29 is 70.6 Å². The first-order valence-electron chi connectivity index (χ1n) is 4.09. The van der Waals surface area contributed by atoms with Gasteiger partial charge in [-0.25, -0.2) is 0 Å². The zero-order chi connectivity index (χ0) is 7.33. The molecule has 14 heavy (non-hydrogen) atoms. The molecular formula is C8H20Cl4NNi-. The Hall–Kier alpha value is 1.61. The smallest absolute Gasteiger partial charge is 1.00 e. The standard InChI is InChI=1S/C8H20N.4ClH.Ni/c1-5-9(6-2,7-3)8-4;;;;;/h5-8H2,1-4H3;4*1H;/q+1;;;;;+2/p-4. The van der Waals surface area contributed by atoms with Crippen molar-refractivity contribution in [2.24, 2.45) is 0 Å². The maximum Gasteiger partial charge on any atom is 2.00 e. The summed E-state index contributed by atoms with van der Waals surface area (Å²) in [6.07, 6.45) is 0. The van der Waals surface area contributed by atoms with Crippen LogP contribution in [0.4, 0.5) is 0 Å². The van der Waals surface area contributed by atoms with Gasteiger partial charge < -0.3 is 54.1 Å². The Kier molecular flexibility index (Phi) is 51.7. The predicted molar refractivity (Wildman–Crippen MR) is 42.4 cm³/mol. The van der Waals surface area contributed by atoms with Crippen LogP contribution in [0.25, 0.3) is 0 Å². The maximum atomic E-state index is 2.27. The van der Waals surface area contributed by atoms with Gasteiger partial charge in [0.1, 0.15) is 0 Å². The molecule has 0 bridgehead atoms. The van der Waals surface area contributed by atoms with Gasteiger partial charge in [-0.05, 0) is 27.7 Å². The van der Waals surface area contributed by atoms with Crippen molar-refractivity contribution in [1.29, 1.82) is 0 Å². The number of nitrogens with zero attached hydrogens (tertiary/aromatic N) is 1. The summed E-state index contributed by atoms with van der Waals surface area (Å²) in [7, 11) is 0. The maximum absolute atomic E-state index is 2.27. The van der Waals surface area contributed by atoms with Crippen molar-refractivity contribution in [3.63, 3.8) is 0 Å². The third-order valence-electron chi connectivity index (χ3n) is 2.68. The molecule has 0 aromatic heterocycles. The molecule has 1 nitrogen and oxygen atoms in total. The molecule has 0 aliphatic rings. The van der Waals surface area contributed by atoms with Crippen molar-refractivity contribution in [2.75, 3.05) is 26.2 Å². The van der Waals surface area contributed by atoms with Crippen LogP contribution < -0.4 is 49.6 Å². The van der Waals surface area contributed by atoms with E-state index in [1.807, 2.05) is 0 Å². The molecule has 6 heteroatoms. The van der Waals surface area contributed by atoms with E-state index in [4.69, 9.17) is 0 Å². The summed E-state index contributed by atoms with van der Waals surface area (Å²) in [6, 6.07) is 0. The molecule has 0 rings (SSSR count). The third-order valence-corrected chi connectivity index (χ3v) is 2.68. The molecule has 0 aromatic rings. The van der Waals surface area contributed by atoms with Crippen molar-refractivity contribution in [1.82, 2.24) is 0 Å². The van der Waals surface area contributed by atoms with E-state index in [9.17, 15) is 0 Å². The van der Waals surface area contributed by atoms with Gasteiger partial charge in [-0.1, -0.05) is 0 Å². The second-order valence-corrected chi connectivity index (χ2v) is 2.61. The molecule has 0 N–H and O–H groups in total. The van der Waals surface area contributed by atoms with Gasteiger partial charge in [0.05, 0.1) is 26.2 Å². The van der Waals surface area contributed by atoms with Crippen LogP contribution in [0, 0.1) is 0 Å². The molecule has 96 valence electrons. The predicted octanol–water partition coefficient (Wildman–Crippen LogP) is -10.1. The molecule has 0 atom stereocenters. The molecule has 0 heterocycles. The van der Waals surface area contributed by atoms with E-state index in [0.717, 1.165) is 0 Å². The summed E-state index contributed by atoms with van der Waals surface area (Å²) in [5.41, 5.74) is 0. The first kappa shape index (κ1) is 36.1. The van der Waals surface area contributed by atoms with Gasteiger partial charge in [0.15, 0.2) is 0 Å². The first-order valence-corrected chi connectivity index (χ1v) is 4.09. The Morgan fingerprint density at radius 1 is 0.571 bits per heavy atom. The van der Waals surface area contributed by atoms with Gasteiger partial charge in [0, 0.05) is 0 Å². The van der Waals surface area contributed by atoms with E-state index in [1.54, 1.807) is 0 Å². The van der Waals surface area contributed by atoms with Crippen LogP contribution >= 0.6 is 0 Å². The van der Waals surface area contributed by atoms with E-state index in [2.05, 4.69) is 27.7 Å². The van der Waals surface area contributed by atoms with Gasteiger partial charge in [0.25, 0.3) is 0 Å². The average Bonchev–Trinajstić information content (AvgIpc) is 1.95. The fraction of sp³-hybridized carbons (Fsp3) is 1.00. The minimum Gasteiger partial charge on any atom is -1.00 e. The summed E-state index contributed by atoms with van der Waals surface area (Å²) >= 11 is 0. The van der Waals surface area contributed by atoms with E-state index in [-0.39, 0.29) is 66.1 Å². The average molecular weight is 331 g/mol. The Labute approximate surface area is 124 Å². The quantitative estimate of drug-likeness (QED) is 0.355. The number of hydrogen-bond donors (Lipinski definition) is 0. The zero-order valence-electron chi connectivity index (χ0n) is 9.10. The van der Waals surface area contributed by atoms with Crippen LogP contribution in [-0.2, 0) is 16.5 Å². The second-order valence-electron chi connectivity index (χ2n) is 2.61. The van der Waals surface area contributed by atoms with E-state index in [1.165, 1.54) is 30.7 Å². The molecule has 0 radical (unpaired) electrons. The normalized spacial score (nSPS) is 7.71. The van der Waals surface area contributed by atoms with Gasteiger partial charge >= 0.3 is 16.5 Å². The van der Waals surface area contributed by atoms with Crippen LogP contribution in [0.1, 0.15) is 27.7 Å². The Morgan fingerprint density at radius 2 is 0.714 bits per heavy atom. The molecule has 0 unspecified atom stereocenters. The zero-order valence-corrected chi connectivity index (χ0v) is 13.1. The molecule has 0 fully saturated rings. The van der Waals surface area contributed by atoms with Crippen molar-refractivity contribution >= 4 is 0 Å². The van der Waals surface area contributed by atoms with Crippen LogP contribution in [-0.4, -0.2) is 30.7 Å². The van der Waals surface area contributed by atoms with Gasteiger partial charge in [-0.2, -0.15) is 0 Å². The monoisotopic (exact) mass is 328 g/mol. The van der Waals surface area contributed by atoms with Crippen LogP contribution in [0.2, 0.25) is 0 Å². The summed E-state index contributed by atoms with van der Waals surface area (Å²) in [5, 5.41) is 0. The Morgan fingerprint density at radius 3 is 0.714 bits per heavy atom. The minimum atomic E-state index is 0. The minimum absolute atomic E-state index is 0. The largest absolute Gasteiger partial charge is 2.00 e. The van der Waals surface area contributed by atoms with Gasteiger partial charge in [-0.15, -0.1) is 0 Å². The first-order chi connectivity index (χ1) is 4.24.